The average molecular weight is 347 g/mol. The topological polar surface area (TPSA) is 55.4 Å². The molecule has 0 bridgehead atoms. The van der Waals surface area contributed by atoms with Crippen LogP contribution in [0.4, 0.5) is 5.69 Å². The van der Waals surface area contributed by atoms with E-state index in [0.29, 0.717) is 23.1 Å². The summed E-state index contributed by atoms with van der Waals surface area (Å²) in [6, 6.07) is 12.5. The van der Waals surface area contributed by atoms with Crippen LogP contribution in [0.15, 0.2) is 47.4 Å². The molecule has 3 rings (SSSR count). The van der Waals surface area contributed by atoms with Gasteiger partial charge in [-0.25, -0.2) is 8.42 Å². The Labute approximate surface area is 141 Å². The molecule has 1 heterocycles. The predicted octanol–water partition coefficient (Wildman–Crippen LogP) is 3.24. The van der Waals surface area contributed by atoms with E-state index in [1.807, 2.05) is 37.3 Å². The largest absolute Gasteiger partial charge is 0.470 e. The summed E-state index contributed by atoms with van der Waals surface area (Å²) in [5.74, 6) is -0.0192. The fourth-order valence-corrected chi connectivity index (χ4v) is 4.04. The van der Waals surface area contributed by atoms with Crippen molar-refractivity contribution in [3.05, 3.63) is 59.2 Å². The standard InChI is InChI=1S/C17H17NO3S2/c1-12-2-5-15(6-3-12)23(19,20)11-13-4-7-16-14(10-13)8-9-21-17(22)18-16/h2-7,10H,8-9,11H2,1H3,(H,18,22). The van der Waals surface area contributed by atoms with E-state index in [1.54, 1.807) is 12.1 Å². The summed E-state index contributed by atoms with van der Waals surface area (Å²) in [4.78, 5) is 0.348. The lowest BCUT2D eigenvalue weighted by Gasteiger charge is -2.10. The molecule has 2 aromatic rings. The SMILES string of the molecule is Cc1ccc(S(=O)(=O)Cc2ccc3c(c2)CCOC(=S)N3)cc1. The molecule has 120 valence electrons. The highest BCUT2D eigenvalue weighted by Crippen LogP contribution is 2.24. The zero-order valence-electron chi connectivity index (χ0n) is 12.7. The Balaban J connectivity index is 1.87. The fourth-order valence-electron chi connectivity index (χ4n) is 2.51. The predicted molar refractivity (Wildman–Crippen MR) is 94.4 cm³/mol. The molecule has 2 aromatic carbocycles. The molecule has 4 nitrogen and oxygen atoms in total. The van der Waals surface area contributed by atoms with Gasteiger partial charge >= 0.3 is 0 Å². The molecule has 0 amide bonds. The Kier molecular flexibility index (Phi) is 4.37. The van der Waals surface area contributed by atoms with Gasteiger partial charge in [-0.3, -0.25) is 0 Å². The quantitative estimate of drug-likeness (QED) is 0.864. The normalized spacial score (nSPS) is 14.4. The lowest BCUT2D eigenvalue weighted by molar-refractivity contribution is 0.320. The van der Waals surface area contributed by atoms with Crippen LogP contribution in [0.5, 0.6) is 0 Å². The van der Waals surface area contributed by atoms with Crippen LogP contribution in [0.25, 0.3) is 0 Å². The van der Waals surface area contributed by atoms with Gasteiger partial charge in [0.2, 0.25) is 0 Å². The van der Waals surface area contributed by atoms with E-state index >= 15 is 0 Å². The van der Waals surface area contributed by atoms with Crippen LogP contribution in [0.2, 0.25) is 0 Å². The molecule has 0 unspecified atom stereocenters. The van der Waals surface area contributed by atoms with Crippen LogP contribution >= 0.6 is 12.2 Å². The molecule has 6 heteroatoms. The van der Waals surface area contributed by atoms with Crippen molar-refractivity contribution < 1.29 is 13.2 Å². The number of nitrogens with one attached hydrogen (secondary N) is 1. The van der Waals surface area contributed by atoms with Gasteiger partial charge in [-0.1, -0.05) is 29.8 Å². The lowest BCUT2D eigenvalue weighted by atomic mass is 10.1. The van der Waals surface area contributed by atoms with E-state index in [1.165, 1.54) is 0 Å². The Bertz CT molecular complexity index is 843. The Morgan fingerprint density at radius 3 is 2.65 bits per heavy atom. The zero-order chi connectivity index (χ0) is 16.4. The molecule has 0 atom stereocenters. The third-order valence-electron chi connectivity index (χ3n) is 3.75. The van der Waals surface area contributed by atoms with Gasteiger partial charge in [0.1, 0.15) is 0 Å². The minimum Gasteiger partial charge on any atom is -0.470 e. The summed E-state index contributed by atoms with van der Waals surface area (Å²) >= 11 is 5.03. The zero-order valence-corrected chi connectivity index (χ0v) is 14.3. The third kappa shape index (κ3) is 3.71. The maximum absolute atomic E-state index is 12.5. The van der Waals surface area contributed by atoms with Gasteiger partial charge in [-0.05, 0) is 48.5 Å². The number of ether oxygens (including phenoxy) is 1. The van der Waals surface area contributed by atoms with Crippen molar-refractivity contribution in [3.63, 3.8) is 0 Å². The van der Waals surface area contributed by atoms with Crippen LogP contribution in [0.3, 0.4) is 0 Å². The average Bonchev–Trinajstić information content (AvgIpc) is 2.67. The number of thiocarbonyl (C=S) groups is 1. The second-order valence-corrected chi connectivity index (χ2v) is 7.93. The van der Waals surface area contributed by atoms with Gasteiger partial charge in [-0.2, -0.15) is 0 Å². The van der Waals surface area contributed by atoms with E-state index in [4.69, 9.17) is 17.0 Å². The molecule has 23 heavy (non-hydrogen) atoms. The monoisotopic (exact) mass is 347 g/mol. The molecular weight excluding hydrogens is 330 g/mol. The van der Waals surface area contributed by atoms with Crippen molar-refractivity contribution in [1.29, 1.82) is 0 Å². The van der Waals surface area contributed by atoms with Crippen molar-refractivity contribution in [2.45, 2.75) is 24.0 Å². The first-order chi connectivity index (χ1) is 10.9. The maximum atomic E-state index is 12.5. The summed E-state index contributed by atoms with van der Waals surface area (Å²) in [5.41, 5.74) is 3.69. The summed E-state index contributed by atoms with van der Waals surface area (Å²) in [5, 5.41) is 3.36. The van der Waals surface area contributed by atoms with E-state index in [0.717, 1.165) is 22.4 Å². The number of benzene rings is 2. The van der Waals surface area contributed by atoms with Crippen LogP contribution in [-0.4, -0.2) is 20.2 Å². The number of anilines is 1. The summed E-state index contributed by atoms with van der Waals surface area (Å²) in [6.07, 6.45) is 0.695. The van der Waals surface area contributed by atoms with Crippen LogP contribution in [0.1, 0.15) is 16.7 Å². The smallest absolute Gasteiger partial charge is 0.261 e. The Morgan fingerprint density at radius 2 is 1.91 bits per heavy atom. The van der Waals surface area contributed by atoms with E-state index in [-0.39, 0.29) is 5.75 Å². The second kappa shape index (κ2) is 6.29. The second-order valence-electron chi connectivity index (χ2n) is 5.57. The van der Waals surface area contributed by atoms with Crippen LogP contribution in [-0.2, 0) is 26.7 Å². The minimum atomic E-state index is -3.35. The molecule has 0 saturated carbocycles. The highest BCUT2D eigenvalue weighted by atomic mass is 32.2. The number of hydrogen-bond donors (Lipinski definition) is 1. The minimum absolute atomic E-state index is 0.0192. The lowest BCUT2D eigenvalue weighted by Crippen LogP contribution is -2.11. The van der Waals surface area contributed by atoms with Crippen molar-refractivity contribution in [1.82, 2.24) is 0 Å². The molecule has 0 spiro atoms. The molecule has 0 radical (unpaired) electrons. The summed E-state index contributed by atoms with van der Waals surface area (Å²) in [7, 11) is -3.35. The number of aryl methyl sites for hydroxylation is 1. The van der Waals surface area contributed by atoms with Gasteiger partial charge in [0, 0.05) is 12.1 Å². The highest BCUT2D eigenvalue weighted by Gasteiger charge is 2.17. The Hall–Kier alpha value is -1.92. The number of sulfone groups is 1. The van der Waals surface area contributed by atoms with Crippen molar-refractivity contribution >= 4 is 32.9 Å². The van der Waals surface area contributed by atoms with Crippen LogP contribution in [0, 0.1) is 6.92 Å². The van der Waals surface area contributed by atoms with E-state index in [2.05, 4.69) is 5.32 Å². The highest BCUT2D eigenvalue weighted by molar-refractivity contribution is 7.90. The molecule has 1 aliphatic heterocycles. The van der Waals surface area contributed by atoms with E-state index < -0.39 is 9.84 Å². The van der Waals surface area contributed by atoms with Gasteiger partial charge < -0.3 is 10.1 Å². The third-order valence-corrected chi connectivity index (χ3v) is 5.67. The van der Waals surface area contributed by atoms with Gasteiger partial charge in [-0.15, -0.1) is 0 Å². The Morgan fingerprint density at radius 1 is 1.17 bits per heavy atom. The first-order valence-electron chi connectivity index (χ1n) is 7.29. The van der Waals surface area contributed by atoms with Gasteiger partial charge in [0.25, 0.3) is 5.17 Å². The summed E-state index contributed by atoms with van der Waals surface area (Å²) < 4.78 is 30.4. The van der Waals surface area contributed by atoms with Gasteiger partial charge in [0.15, 0.2) is 9.84 Å². The number of rotatable bonds is 3. The van der Waals surface area contributed by atoms with Gasteiger partial charge in [0.05, 0.1) is 17.3 Å². The first kappa shape index (κ1) is 16.0. The van der Waals surface area contributed by atoms with E-state index in [9.17, 15) is 8.42 Å². The number of fused-ring (bicyclic) bond motifs is 1. The van der Waals surface area contributed by atoms with Crippen molar-refractivity contribution in [2.75, 3.05) is 11.9 Å². The molecule has 0 aliphatic carbocycles. The molecule has 1 aliphatic rings. The molecule has 0 fully saturated rings. The maximum Gasteiger partial charge on any atom is 0.261 e. The molecule has 0 saturated heterocycles. The molecule has 0 aromatic heterocycles. The van der Waals surface area contributed by atoms with Crippen molar-refractivity contribution in [3.8, 4) is 0 Å². The van der Waals surface area contributed by atoms with Crippen LogP contribution < -0.4 is 5.32 Å². The molecular formula is C17H17NO3S2. The molecule has 1 N–H and O–H groups in total. The summed E-state index contributed by atoms with van der Waals surface area (Å²) in [6.45, 7) is 2.43. The fraction of sp³-hybridized carbons (Fsp3) is 0.235. The van der Waals surface area contributed by atoms with Crippen molar-refractivity contribution in [2.24, 2.45) is 0 Å². The first-order valence-corrected chi connectivity index (χ1v) is 9.35. The number of hydrogen-bond acceptors (Lipinski definition) is 4.